The van der Waals surface area contributed by atoms with Crippen LogP contribution in [0.1, 0.15) is 44.1 Å². The zero-order valence-corrected chi connectivity index (χ0v) is 11.9. The summed E-state index contributed by atoms with van der Waals surface area (Å²) < 4.78 is 0. The minimum absolute atomic E-state index is 0.530. The van der Waals surface area contributed by atoms with Gasteiger partial charge in [0.15, 0.2) is 0 Å². The van der Waals surface area contributed by atoms with E-state index >= 15 is 0 Å². The Morgan fingerprint density at radius 2 is 1.79 bits per heavy atom. The van der Waals surface area contributed by atoms with Crippen molar-refractivity contribution < 1.29 is 0 Å². The van der Waals surface area contributed by atoms with Crippen LogP contribution in [0.25, 0.3) is 0 Å². The number of nitriles is 1. The topological polar surface area (TPSA) is 27.0 Å². The molecule has 0 unspecified atom stereocenters. The first kappa shape index (κ1) is 12.8. The van der Waals surface area contributed by atoms with Crippen molar-refractivity contribution in [3.63, 3.8) is 0 Å². The molecule has 0 bridgehead atoms. The van der Waals surface area contributed by atoms with E-state index in [1.165, 1.54) is 38.5 Å². The summed E-state index contributed by atoms with van der Waals surface area (Å²) in [6.07, 6.45) is 8.26. The summed E-state index contributed by atoms with van der Waals surface area (Å²) in [6.45, 7) is 2.23. The second-order valence-electron chi connectivity index (χ2n) is 6.05. The first-order chi connectivity index (χ1) is 9.22. The molecule has 0 N–H and O–H groups in total. The zero-order chi connectivity index (χ0) is 13.3. The van der Waals surface area contributed by atoms with E-state index in [4.69, 9.17) is 16.9 Å². The number of rotatable bonds is 1. The lowest BCUT2D eigenvalue weighted by Crippen LogP contribution is -2.56. The summed E-state index contributed by atoms with van der Waals surface area (Å²) in [4.78, 5) is 2.34. The smallest absolute Gasteiger partial charge is 0.0992 e. The van der Waals surface area contributed by atoms with E-state index in [9.17, 15) is 0 Å². The largest absolute Gasteiger partial charge is 0.369 e. The normalized spacial score (nSPS) is 21.6. The van der Waals surface area contributed by atoms with Gasteiger partial charge in [0.2, 0.25) is 0 Å². The molecule has 1 aliphatic heterocycles. The van der Waals surface area contributed by atoms with Crippen molar-refractivity contribution in [3.05, 3.63) is 28.8 Å². The lowest BCUT2D eigenvalue weighted by atomic mass is 9.73. The van der Waals surface area contributed by atoms with E-state index < -0.39 is 0 Å². The van der Waals surface area contributed by atoms with Crippen LogP contribution in [0.3, 0.4) is 0 Å². The van der Waals surface area contributed by atoms with E-state index in [0.29, 0.717) is 11.0 Å². The molecule has 1 saturated carbocycles. The Labute approximate surface area is 120 Å². The molecule has 100 valence electrons. The third-order valence-corrected chi connectivity index (χ3v) is 4.95. The van der Waals surface area contributed by atoms with Gasteiger partial charge in [-0.15, -0.1) is 0 Å². The number of benzene rings is 1. The van der Waals surface area contributed by atoms with Crippen molar-refractivity contribution in [1.82, 2.24) is 0 Å². The van der Waals surface area contributed by atoms with Gasteiger partial charge in [-0.3, -0.25) is 0 Å². The molecule has 0 radical (unpaired) electrons. The van der Waals surface area contributed by atoms with Crippen LogP contribution >= 0.6 is 11.6 Å². The highest BCUT2D eigenvalue weighted by Gasteiger charge is 2.43. The van der Waals surface area contributed by atoms with Crippen molar-refractivity contribution >= 4 is 17.3 Å². The van der Waals surface area contributed by atoms with Gasteiger partial charge in [-0.05, 0) is 31.0 Å². The Kier molecular flexibility index (Phi) is 3.41. The van der Waals surface area contributed by atoms with Crippen molar-refractivity contribution in [2.24, 2.45) is 5.41 Å². The van der Waals surface area contributed by atoms with Crippen LogP contribution in [0, 0.1) is 16.7 Å². The maximum Gasteiger partial charge on any atom is 0.0992 e. The van der Waals surface area contributed by atoms with Crippen LogP contribution in [0.15, 0.2) is 18.2 Å². The highest BCUT2D eigenvalue weighted by molar-refractivity contribution is 6.33. The number of nitrogens with zero attached hydrogens (tertiary/aromatic N) is 2. The van der Waals surface area contributed by atoms with Gasteiger partial charge in [0.1, 0.15) is 0 Å². The fraction of sp³-hybridized carbons (Fsp3) is 0.562. The maximum atomic E-state index is 8.99. The molecule has 2 nitrogen and oxygen atoms in total. The van der Waals surface area contributed by atoms with Gasteiger partial charge in [-0.2, -0.15) is 5.26 Å². The van der Waals surface area contributed by atoms with Crippen LogP contribution in [-0.4, -0.2) is 13.1 Å². The van der Waals surface area contributed by atoms with E-state index in [1.54, 1.807) is 6.07 Å². The quantitative estimate of drug-likeness (QED) is 0.760. The molecule has 2 fully saturated rings. The predicted octanol–water partition coefficient (Wildman–Crippen LogP) is 4.37. The molecule has 1 aliphatic carbocycles. The highest BCUT2D eigenvalue weighted by Crippen LogP contribution is 2.46. The van der Waals surface area contributed by atoms with E-state index in [0.717, 1.165) is 23.8 Å². The van der Waals surface area contributed by atoms with Gasteiger partial charge < -0.3 is 4.90 Å². The minimum Gasteiger partial charge on any atom is -0.369 e. The lowest BCUT2D eigenvalue weighted by Gasteiger charge is -2.52. The van der Waals surface area contributed by atoms with Crippen molar-refractivity contribution in [2.45, 2.75) is 38.5 Å². The standard InChI is InChI=1S/C16H19ClN2/c17-14-6-5-13(10-18)9-15(14)19-11-16(12-19)7-3-1-2-4-8-16/h5-6,9H,1-4,7-8,11-12H2. The van der Waals surface area contributed by atoms with Gasteiger partial charge in [-0.1, -0.05) is 37.3 Å². The Hall–Kier alpha value is -1.20. The number of anilines is 1. The van der Waals surface area contributed by atoms with Crippen LogP contribution in [0.5, 0.6) is 0 Å². The van der Waals surface area contributed by atoms with Crippen LogP contribution < -0.4 is 4.90 Å². The summed E-state index contributed by atoms with van der Waals surface area (Å²) in [6, 6.07) is 7.74. The van der Waals surface area contributed by atoms with Crippen molar-refractivity contribution in [1.29, 1.82) is 5.26 Å². The molecular formula is C16H19ClN2. The fourth-order valence-electron chi connectivity index (χ4n) is 3.55. The number of hydrogen-bond donors (Lipinski definition) is 0. The fourth-order valence-corrected chi connectivity index (χ4v) is 3.79. The second kappa shape index (κ2) is 5.06. The summed E-state index contributed by atoms with van der Waals surface area (Å²) >= 11 is 6.27. The SMILES string of the molecule is N#Cc1ccc(Cl)c(N2CC3(CCCCCC3)C2)c1. The summed E-state index contributed by atoms with van der Waals surface area (Å²) in [5.74, 6) is 0. The van der Waals surface area contributed by atoms with Gasteiger partial charge in [0, 0.05) is 18.5 Å². The molecule has 3 heteroatoms. The Morgan fingerprint density at radius 3 is 2.42 bits per heavy atom. The minimum atomic E-state index is 0.530. The average molecular weight is 275 g/mol. The Balaban J connectivity index is 1.75. The maximum absolute atomic E-state index is 8.99. The lowest BCUT2D eigenvalue weighted by molar-refractivity contribution is 0.180. The number of hydrogen-bond acceptors (Lipinski definition) is 2. The third kappa shape index (κ3) is 2.44. The van der Waals surface area contributed by atoms with Crippen molar-refractivity contribution in [2.75, 3.05) is 18.0 Å². The van der Waals surface area contributed by atoms with Gasteiger partial charge in [0.05, 0.1) is 22.3 Å². The molecule has 1 aromatic rings. The molecule has 2 aliphatic rings. The summed E-state index contributed by atoms with van der Waals surface area (Å²) in [7, 11) is 0. The van der Waals surface area contributed by atoms with Crippen molar-refractivity contribution in [3.8, 4) is 6.07 Å². The van der Waals surface area contributed by atoms with E-state index in [2.05, 4.69) is 11.0 Å². The monoisotopic (exact) mass is 274 g/mol. The van der Waals surface area contributed by atoms with Gasteiger partial charge in [0.25, 0.3) is 0 Å². The molecule has 1 aromatic carbocycles. The predicted molar refractivity (Wildman–Crippen MR) is 78.5 cm³/mol. The molecule has 1 spiro atoms. The van der Waals surface area contributed by atoms with Crippen LogP contribution in [-0.2, 0) is 0 Å². The van der Waals surface area contributed by atoms with Crippen LogP contribution in [0.2, 0.25) is 5.02 Å². The average Bonchev–Trinajstić information content (AvgIpc) is 2.63. The highest BCUT2D eigenvalue weighted by atomic mass is 35.5. The molecule has 1 heterocycles. The molecule has 3 rings (SSSR count). The molecule has 0 atom stereocenters. The molecule has 0 amide bonds. The first-order valence-corrected chi connectivity index (χ1v) is 7.55. The third-order valence-electron chi connectivity index (χ3n) is 4.63. The first-order valence-electron chi connectivity index (χ1n) is 7.17. The summed E-state index contributed by atoms with van der Waals surface area (Å²) in [5.41, 5.74) is 2.26. The Morgan fingerprint density at radius 1 is 1.11 bits per heavy atom. The molecule has 0 aromatic heterocycles. The number of halogens is 1. The van der Waals surface area contributed by atoms with Gasteiger partial charge in [-0.25, -0.2) is 0 Å². The molecular weight excluding hydrogens is 256 g/mol. The zero-order valence-electron chi connectivity index (χ0n) is 11.2. The molecule has 1 saturated heterocycles. The van der Waals surface area contributed by atoms with E-state index in [1.807, 2.05) is 12.1 Å². The van der Waals surface area contributed by atoms with E-state index in [-0.39, 0.29) is 0 Å². The van der Waals surface area contributed by atoms with Crippen LogP contribution in [0.4, 0.5) is 5.69 Å². The summed E-state index contributed by atoms with van der Waals surface area (Å²) in [5, 5.41) is 9.76. The Bertz CT molecular complexity index is 502. The van der Waals surface area contributed by atoms with Gasteiger partial charge >= 0.3 is 0 Å². The molecule has 19 heavy (non-hydrogen) atoms. The second-order valence-corrected chi connectivity index (χ2v) is 6.46.